The van der Waals surface area contributed by atoms with Gasteiger partial charge in [0, 0.05) is 24.4 Å². The second kappa shape index (κ2) is 6.33. The van der Waals surface area contributed by atoms with Crippen LogP contribution in [0.5, 0.6) is 0 Å². The molecule has 0 saturated carbocycles. The van der Waals surface area contributed by atoms with E-state index in [1.807, 2.05) is 13.8 Å². The molecule has 0 fully saturated rings. The molecular formula is C12H19N3O. The number of hydrogen-bond donors (Lipinski definition) is 1. The van der Waals surface area contributed by atoms with E-state index >= 15 is 0 Å². The number of ketones is 1. The fourth-order valence-corrected chi connectivity index (χ4v) is 1.56. The van der Waals surface area contributed by atoms with Crippen molar-refractivity contribution in [3.63, 3.8) is 0 Å². The number of aromatic nitrogens is 2. The Kier molecular flexibility index (Phi) is 5.05. The van der Waals surface area contributed by atoms with E-state index in [0.29, 0.717) is 5.69 Å². The number of carbonyl (C=O) groups excluding carboxylic acids is 1. The Morgan fingerprint density at radius 3 is 2.69 bits per heavy atom. The Hall–Kier alpha value is -1.29. The predicted molar refractivity (Wildman–Crippen MR) is 63.0 cm³/mol. The van der Waals surface area contributed by atoms with Gasteiger partial charge in [0.2, 0.25) is 0 Å². The van der Waals surface area contributed by atoms with Crippen LogP contribution in [-0.4, -0.2) is 21.8 Å². The van der Waals surface area contributed by atoms with E-state index in [2.05, 4.69) is 9.97 Å². The summed E-state index contributed by atoms with van der Waals surface area (Å²) in [5, 5.41) is 0. The number of nitrogens with zero attached hydrogens (tertiary/aromatic N) is 2. The summed E-state index contributed by atoms with van der Waals surface area (Å²) in [5.41, 5.74) is 6.11. The van der Waals surface area contributed by atoms with E-state index in [0.717, 1.165) is 19.3 Å². The third-order valence-electron chi connectivity index (χ3n) is 2.56. The van der Waals surface area contributed by atoms with Gasteiger partial charge in [-0.05, 0) is 19.8 Å². The van der Waals surface area contributed by atoms with Gasteiger partial charge in [0.05, 0.1) is 6.20 Å². The predicted octanol–water partition coefficient (Wildman–Crippen LogP) is 1.81. The van der Waals surface area contributed by atoms with Crippen LogP contribution in [0.3, 0.4) is 0 Å². The summed E-state index contributed by atoms with van der Waals surface area (Å²) in [7, 11) is 0. The van der Waals surface area contributed by atoms with Crippen LogP contribution in [0.25, 0.3) is 0 Å². The maximum atomic E-state index is 11.9. The molecule has 0 aliphatic heterocycles. The van der Waals surface area contributed by atoms with Crippen LogP contribution >= 0.6 is 0 Å². The first-order valence-electron chi connectivity index (χ1n) is 5.67. The monoisotopic (exact) mass is 221 g/mol. The second-order valence-electron chi connectivity index (χ2n) is 4.26. The lowest BCUT2D eigenvalue weighted by Gasteiger charge is -2.10. The molecule has 0 bridgehead atoms. The highest BCUT2D eigenvalue weighted by atomic mass is 16.1. The average Bonchev–Trinajstić information content (AvgIpc) is 2.28. The van der Waals surface area contributed by atoms with Crippen LogP contribution in [0.1, 0.15) is 43.6 Å². The largest absolute Gasteiger partial charge is 0.328 e. The number of hydrogen-bond acceptors (Lipinski definition) is 4. The molecule has 4 nitrogen and oxygen atoms in total. The van der Waals surface area contributed by atoms with E-state index in [1.54, 1.807) is 12.4 Å². The van der Waals surface area contributed by atoms with Crippen molar-refractivity contribution in [2.24, 2.45) is 11.7 Å². The summed E-state index contributed by atoms with van der Waals surface area (Å²) in [5.74, 6) is 0.0632. The summed E-state index contributed by atoms with van der Waals surface area (Å²) in [6.07, 6.45) is 7.42. The van der Waals surface area contributed by atoms with E-state index in [-0.39, 0.29) is 17.7 Å². The molecule has 88 valence electrons. The number of Topliss-reactive ketones (excluding diaryl/α,β-unsaturated/α-hetero) is 1. The highest BCUT2D eigenvalue weighted by Gasteiger charge is 2.16. The van der Waals surface area contributed by atoms with Crippen LogP contribution in [0.4, 0.5) is 0 Å². The van der Waals surface area contributed by atoms with Gasteiger partial charge in [0.15, 0.2) is 5.78 Å². The van der Waals surface area contributed by atoms with Gasteiger partial charge in [-0.15, -0.1) is 0 Å². The fraction of sp³-hybridized carbons (Fsp3) is 0.583. The van der Waals surface area contributed by atoms with E-state index < -0.39 is 0 Å². The second-order valence-corrected chi connectivity index (χ2v) is 4.26. The summed E-state index contributed by atoms with van der Waals surface area (Å²) in [6.45, 7) is 3.91. The molecule has 0 aliphatic carbocycles. The van der Waals surface area contributed by atoms with Gasteiger partial charge in [0.25, 0.3) is 0 Å². The van der Waals surface area contributed by atoms with Gasteiger partial charge in [-0.1, -0.05) is 13.3 Å². The minimum absolute atomic E-state index is 0.00421. The molecule has 1 aromatic heterocycles. The van der Waals surface area contributed by atoms with Crippen LogP contribution in [0, 0.1) is 5.92 Å². The first kappa shape index (κ1) is 12.8. The molecule has 4 heteroatoms. The normalized spacial score (nSPS) is 14.4. The van der Waals surface area contributed by atoms with Crippen molar-refractivity contribution in [3.05, 3.63) is 24.3 Å². The summed E-state index contributed by atoms with van der Waals surface area (Å²) in [4.78, 5) is 19.8. The van der Waals surface area contributed by atoms with Crippen molar-refractivity contribution in [2.75, 3.05) is 0 Å². The highest BCUT2D eigenvalue weighted by Crippen LogP contribution is 2.13. The molecule has 0 aliphatic rings. The third kappa shape index (κ3) is 4.06. The molecule has 2 N–H and O–H groups in total. The Balaban J connectivity index is 2.43. The SMILES string of the molecule is CC(N)CCCC(C)C(=O)c1cnccn1. The van der Waals surface area contributed by atoms with Gasteiger partial charge in [-0.25, -0.2) is 4.98 Å². The van der Waals surface area contributed by atoms with Gasteiger partial charge in [-0.2, -0.15) is 0 Å². The quantitative estimate of drug-likeness (QED) is 0.744. The molecule has 0 aromatic carbocycles. The first-order valence-corrected chi connectivity index (χ1v) is 5.67. The molecule has 2 unspecified atom stereocenters. The summed E-state index contributed by atoms with van der Waals surface area (Å²) < 4.78 is 0. The van der Waals surface area contributed by atoms with Crippen molar-refractivity contribution >= 4 is 5.78 Å². The minimum atomic E-state index is -0.00421. The van der Waals surface area contributed by atoms with Crippen molar-refractivity contribution < 1.29 is 4.79 Å². The smallest absolute Gasteiger partial charge is 0.185 e. The average molecular weight is 221 g/mol. The van der Waals surface area contributed by atoms with E-state index in [1.165, 1.54) is 6.20 Å². The highest BCUT2D eigenvalue weighted by molar-refractivity contribution is 5.95. The molecule has 2 atom stereocenters. The Bertz CT molecular complexity index is 324. The topological polar surface area (TPSA) is 68.9 Å². The molecule has 0 radical (unpaired) electrons. The van der Waals surface area contributed by atoms with Crippen LogP contribution in [-0.2, 0) is 0 Å². The van der Waals surface area contributed by atoms with Crippen molar-refractivity contribution in [1.29, 1.82) is 0 Å². The number of nitrogens with two attached hydrogens (primary N) is 1. The standard InChI is InChI=1S/C12H19N3O/c1-9(4-3-5-10(2)13)12(16)11-8-14-6-7-15-11/h6-10H,3-5,13H2,1-2H3. The lowest BCUT2D eigenvalue weighted by Crippen LogP contribution is -2.17. The summed E-state index contributed by atoms with van der Waals surface area (Å²) in [6, 6.07) is 0.207. The van der Waals surface area contributed by atoms with Crippen LogP contribution in [0.2, 0.25) is 0 Å². The zero-order valence-corrected chi connectivity index (χ0v) is 9.89. The first-order chi connectivity index (χ1) is 7.61. The van der Waals surface area contributed by atoms with Gasteiger partial charge in [0.1, 0.15) is 5.69 Å². The molecule has 1 heterocycles. The summed E-state index contributed by atoms with van der Waals surface area (Å²) >= 11 is 0. The molecule has 0 spiro atoms. The Morgan fingerprint density at radius 1 is 1.38 bits per heavy atom. The molecule has 16 heavy (non-hydrogen) atoms. The zero-order chi connectivity index (χ0) is 12.0. The van der Waals surface area contributed by atoms with Gasteiger partial charge in [-0.3, -0.25) is 9.78 Å². The van der Waals surface area contributed by atoms with Crippen molar-refractivity contribution in [1.82, 2.24) is 9.97 Å². The molecular weight excluding hydrogens is 202 g/mol. The maximum absolute atomic E-state index is 11.9. The van der Waals surface area contributed by atoms with Gasteiger partial charge < -0.3 is 5.73 Å². The Labute approximate surface area is 96.3 Å². The van der Waals surface area contributed by atoms with Gasteiger partial charge >= 0.3 is 0 Å². The minimum Gasteiger partial charge on any atom is -0.328 e. The molecule has 1 rings (SSSR count). The maximum Gasteiger partial charge on any atom is 0.185 e. The van der Waals surface area contributed by atoms with E-state index in [9.17, 15) is 4.79 Å². The molecule has 1 aromatic rings. The van der Waals surface area contributed by atoms with Crippen LogP contribution in [0.15, 0.2) is 18.6 Å². The number of rotatable bonds is 6. The van der Waals surface area contributed by atoms with E-state index in [4.69, 9.17) is 5.73 Å². The lowest BCUT2D eigenvalue weighted by molar-refractivity contribution is 0.0916. The molecule has 0 amide bonds. The lowest BCUT2D eigenvalue weighted by atomic mass is 9.96. The van der Waals surface area contributed by atoms with Crippen molar-refractivity contribution in [3.8, 4) is 0 Å². The Morgan fingerprint density at radius 2 is 2.12 bits per heavy atom. The molecule has 0 saturated heterocycles. The fourth-order valence-electron chi connectivity index (χ4n) is 1.56. The third-order valence-corrected chi connectivity index (χ3v) is 2.56. The zero-order valence-electron chi connectivity index (χ0n) is 9.89. The van der Waals surface area contributed by atoms with Crippen molar-refractivity contribution in [2.45, 2.75) is 39.2 Å². The van der Waals surface area contributed by atoms with Crippen LogP contribution < -0.4 is 5.73 Å². The number of carbonyl (C=O) groups is 1.